The average Bonchev–Trinajstić information content (AvgIpc) is 2.48. The summed E-state index contributed by atoms with van der Waals surface area (Å²) in [6.07, 6.45) is 0.348. The zero-order valence-electron chi connectivity index (χ0n) is 12.2. The molecule has 0 aliphatic heterocycles. The summed E-state index contributed by atoms with van der Waals surface area (Å²) in [6, 6.07) is 14.5. The highest BCUT2D eigenvalue weighted by atomic mass is 16.5. The van der Waals surface area contributed by atoms with Gasteiger partial charge in [0, 0.05) is 0 Å². The van der Waals surface area contributed by atoms with Crippen LogP contribution in [-0.4, -0.2) is 18.1 Å². The van der Waals surface area contributed by atoms with E-state index in [0.717, 1.165) is 11.1 Å². The number of amides is 1. The summed E-state index contributed by atoms with van der Waals surface area (Å²) in [7, 11) is 1.50. The van der Waals surface area contributed by atoms with Crippen molar-refractivity contribution in [1.82, 2.24) is 5.32 Å². The molecule has 21 heavy (non-hydrogen) atoms. The van der Waals surface area contributed by atoms with Crippen LogP contribution in [0.1, 0.15) is 24.1 Å². The lowest BCUT2D eigenvalue weighted by atomic mass is 10.1. The third kappa shape index (κ3) is 3.99. The van der Waals surface area contributed by atoms with Crippen LogP contribution in [0, 0.1) is 0 Å². The average molecular weight is 285 g/mol. The van der Waals surface area contributed by atoms with Crippen LogP contribution in [0.3, 0.4) is 0 Å². The van der Waals surface area contributed by atoms with Crippen LogP contribution in [-0.2, 0) is 11.2 Å². The molecule has 0 aliphatic rings. The summed E-state index contributed by atoms with van der Waals surface area (Å²) >= 11 is 0. The molecule has 1 unspecified atom stereocenters. The van der Waals surface area contributed by atoms with Gasteiger partial charge >= 0.3 is 0 Å². The molecule has 4 heteroatoms. The fourth-order valence-corrected chi connectivity index (χ4v) is 2.12. The molecule has 1 amide bonds. The van der Waals surface area contributed by atoms with Crippen LogP contribution in [0.2, 0.25) is 0 Å². The molecule has 0 fully saturated rings. The summed E-state index contributed by atoms with van der Waals surface area (Å²) in [5, 5.41) is 12.5. The van der Waals surface area contributed by atoms with E-state index < -0.39 is 0 Å². The van der Waals surface area contributed by atoms with Crippen LogP contribution in [0.15, 0.2) is 48.5 Å². The lowest BCUT2D eigenvalue weighted by Gasteiger charge is -2.15. The maximum Gasteiger partial charge on any atom is 0.224 e. The highest BCUT2D eigenvalue weighted by Crippen LogP contribution is 2.28. The number of benzene rings is 2. The van der Waals surface area contributed by atoms with Crippen molar-refractivity contribution >= 4 is 5.91 Å². The summed E-state index contributed by atoms with van der Waals surface area (Å²) in [6.45, 7) is 1.90. The molecule has 1 atom stereocenters. The van der Waals surface area contributed by atoms with Gasteiger partial charge in [0.05, 0.1) is 19.6 Å². The summed E-state index contributed by atoms with van der Waals surface area (Å²) < 4.78 is 5.07. The number of rotatable bonds is 5. The second kappa shape index (κ2) is 6.79. The smallest absolute Gasteiger partial charge is 0.224 e. The summed E-state index contributed by atoms with van der Waals surface area (Å²) in [5.74, 6) is 0.446. The zero-order chi connectivity index (χ0) is 15.2. The quantitative estimate of drug-likeness (QED) is 0.888. The highest BCUT2D eigenvalue weighted by Gasteiger charge is 2.12. The number of methoxy groups -OCH3 is 1. The number of carbonyl (C=O) groups excluding carboxylic acids is 1. The lowest BCUT2D eigenvalue weighted by molar-refractivity contribution is -0.121. The Morgan fingerprint density at radius 3 is 2.62 bits per heavy atom. The van der Waals surface area contributed by atoms with Crippen molar-refractivity contribution in [2.75, 3.05) is 7.11 Å². The number of phenolic OH excluding ortho intramolecular Hbond substituents is 1. The number of ether oxygens (including phenoxy) is 1. The van der Waals surface area contributed by atoms with Gasteiger partial charge in [0.2, 0.25) is 5.91 Å². The highest BCUT2D eigenvalue weighted by molar-refractivity contribution is 5.79. The minimum absolute atomic E-state index is 0.0410. The maximum absolute atomic E-state index is 12.0. The van der Waals surface area contributed by atoms with Gasteiger partial charge in [-0.1, -0.05) is 36.4 Å². The molecule has 0 saturated heterocycles. The molecular formula is C17H19NO3. The number of carbonyl (C=O) groups is 1. The first-order valence-electron chi connectivity index (χ1n) is 6.80. The molecule has 0 radical (unpaired) electrons. The maximum atomic E-state index is 12.0. The van der Waals surface area contributed by atoms with Crippen molar-refractivity contribution in [3.63, 3.8) is 0 Å². The molecule has 0 spiro atoms. The van der Waals surface area contributed by atoms with E-state index in [-0.39, 0.29) is 17.7 Å². The topological polar surface area (TPSA) is 58.6 Å². The van der Waals surface area contributed by atoms with Crippen LogP contribution in [0.4, 0.5) is 0 Å². The second-order valence-electron chi connectivity index (χ2n) is 4.88. The van der Waals surface area contributed by atoms with Crippen molar-refractivity contribution in [3.8, 4) is 11.5 Å². The minimum atomic E-state index is -0.157. The largest absolute Gasteiger partial charge is 0.504 e. The van der Waals surface area contributed by atoms with Gasteiger partial charge in [-0.15, -0.1) is 0 Å². The Hall–Kier alpha value is -2.49. The third-order valence-corrected chi connectivity index (χ3v) is 3.29. The van der Waals surface area contributed by atoms with E-state index in [2.05, 4.69) is 5.32 Å². The van der Waals surface area contributed by atoms with Gasteiger partial charge in [-0.3, -0.25) is 4.79 Å². The van der Waals surface area contributed by atoms with Gasteiger partial charge in [-0.05, 0) is 30.2 Å². The van der Waals surface area contributed by atoms with Gasteiger partial charge in [-0.25, -0.2) is 0 Å². The molecule has 4 nitrogen and oxygen atoms in total. The first-order valence-corrected chi connectivity index (χ1v) is 6.80. The van der Waals surface area contributed by atoms with Gasteiger partial charge < -0.3 is 15.2 Å². The van der Waals surface area contributed by atoms with Crippen molar-refractivity contribution in [1.29, 1.82) is 0 Å². The van der Waals surface area contributed by atoms with Crippen LogP contribution in [0.5, 0.6) is 11.5 Å². The predicted octanol–water partition coefficient (Wildman–Crippen LogP) is 2.82. The normalized spacial score (nSPS) is 11.7. The van der Waals surface area contributed by atoms with Gasteiger partial charge in [0.15, 0.2) is 11.5 Å². The predicted molar refractivity (Wildman–Crippen MR) is 81.4 cm³/mol. The van der Waals surface area contributed by atoms with Crippen LogP contribution >= 0.6 is 0 Å². The number of nitrogens with one attached hydrogen (secondary N) is 1. The summed E-state index contributed by atoms with van der Waals surface area (Å²) in [5.41, 5.74) is 1.86. The van der Waals surface area contributed by atoms with Gasteiger partial charge in [0.25, 0.3) is 0 Å². The van der Waals surface area contributed by atoms with Crippen LogP contribution in [0.25, 0.3) is 0 Å². The zero-order valence-corrected chi connectivity index (χ0v) is 12.2. The lowest BCUT2D eigenvalue weighted by Crippen LogP contribution is -2.28. The molecule has 2 aromatic carbocycles. The molecule has 2 N–H and O–H groups in total. The Labute approximate surface area is 124 Å². The Bertz CT molecular complexity index is 611. The molecule has 0 saturated carbocycles. The Balaban J connectivity index is 2.00. The molecule has 0 heterocycles. The van der Waals surface area contributed by atoms with Crippen molar-refractivity contribution in [3.05, 3.63) is 59.7 Å². The van der Waals surface area contributed by atoms with E-state index in [9.17, 15) is 9.90 Å². The molecule has 0 aliphatic carbocycles. The van der Waals surface area contributed by atoms with Crippen molar-refractivity contribution in [2.45, 2.75) is 19.4 Å². The van der Waals surface area contributed by atoms with Gasteiger partial charge in [0.1, 0.15) is 0 Å². The van der Waals surface area contributed by atoms with E-state index in [1.807, 2.05) is 37.3 Å². The monoisotopic (exact) mass is 285 g/mol. The van der Waals surface area contributed by atoms with Crippen molar-refractivity contribution in [2.24, 2.45) is 0 Å². The number of hydrogen-bond acceptors (Lipinski definition) is 3. The number of hydrogen-bond donors (Lipinski definition) is 2. The Kier molecular flexibility index (Phi) is 4.82. The molecule has 110 valence electrons. The van der Waals surface area contributed by atoms with E-state index in [1.54, 1.807) is 18.2 Å². The Morgan fingerprint density at radius 1 is 1.24 bits per heavy atom. The third-order valence-electron chi connectivity index (χ3n) is 3.29. The Morgan fingerprint density at radius 2 is 1.95 bits per heavy atom. The standard InChI is InChI=1S/C17H19NO3/c1-12(14-8-9-15(19)16(11-14)21-2)18-17(20)10-13-6-4-3-5-7-13/h3-9,11-12,19H,10H2,1-2H3,(H,18,20). The van der Waals surface area contributed by atoms with Crippen LogP contribution < -0.4 is 10.1 Å². The molecular weight excluding hydrogens is 266 g/mol. The van der Waals surface area contributed by atoms with E-state index in [1.165, 1.54) is 7.11 Å². The number of aromatic hydroxyl groups is 1. The molecule has 0 bridgehead atoms. The van der Waals surface area contributed by atoms with E-state index in [4.69, 9.17) is 4.74 Å². The fourth-order valence-electron chi connectivity index (χ4n) is 2.12. The second-order valence-corrected chi connectivity index (χ2v) is 4.88. The minimum Gasteiger partial charge on any atom is -0.504 e. The molecule has 2 rings (SSSR count). The van der Waals surface area contributed by atoms with E-state index >= 15 is 0 Å². The molecule has 2 aromatic rings. The first-order chi connectivity index (χ1) is 10.1. The SMILES string of the molecule is COc1cc(C(C)NC(=O)Cc2ccccc2)ccc1O. The van der Waals surface area contributed by atoms with E-state index in [0.29, 0.717) is 12.2 Å². The van der Waals surface area contributed by atoms with Crippen molar-refractivity contribution < 1.29 is 14.6 Å². The number of phenols is 1. The molecule has 0 aromatic heterocycles. The summed E-state index contributed by atoms with van der Waals surface area (Å²) in [4.78, 5) is 12.0. The first kappa shape index (κ1) is 14.9. The van der Waals surface area contributed by atoms with Gasteiger partial charge in [-0.2, -0.15) is 0 Å². The fraction of sp³-hybridized carbons (Fsp3) is 0.235.